The molecule has 3 aromatic rings. The van der Waals surface area contributed by atoms with Crippen molar-refractivity contribution in [1.82, 2.24) is 14.7 Å². The van der Waals surface area contributed by atoms with E-state index in [-0.39, 0.29) is 5.91 Å². The van der Waals surface area contributed by atoms with Crippen LogP contribution in [-0.4, -0.2) is 46.9 Å². The molecule has 7 heteroatoms. The Morgan fingerprint density at radius 3 is 2.75 bits per heavy atom. The highest BCUT2D eigenvalue weighted by molar-refractivity contribution is 9.10. The van der Waals surface area contributed by atoms with E-state index in [1.54, 1.807) is 11.8 Å². The molecule has 1 aromatic heterocycles. The Hall–Kier alpha value is -2.09. The van der Waals surface area contributed by atoms with Crippen LogP contribution in [0.5, 0.6) is 0 Å². The van der Waals surface area contributed by atoms with Crippen LogP contribution in [0.15, 0.2) is 57.9 Å². The molecule has 142 valence electrons. The van der Waals surface area contributed by atoms with Crippen LogP contribution < -0.4 is 0 Å². The summed E-state index contributed by atoms with van der Waals surface area (Å²) < 4.78 is 8.31. The van der Waals surface area contributed by atoms with Crippen molar-refractivity contribution in [2.24, 2.45) is 0 Å². The van der Waals surface area contributed by atoms with Crippen LogP contribution in [0.1, 0.15) is 16.1 Å². The van der Waals surface area contributed by atoms with Gasteiger partial charge in [-0.25, -0.2) is 4.68 Å². The minimum Gasteiger partial charge on any atom is -0.378 e. The summed E-state index contributed by atoms with van der Waals surface area (Å²) in [6.45, 7) is 2.39. The molecule has 0 spiro atoms. The molecule has 28 heavy (non-hydrogen) atoms. The number of ether oxygens (including phenoxy) is 1. The molecule has 0 aliphatic carbocycles. The highest BCUT2D eigenvalue weighted by Gasteiger charge is 2.31. The number of rotatable bonds is 2. The highest BCUT2D eigenvalue weighted by atomic mass is 79.9. The van der Waals surface area contributed by atoms with E-state index >= 15 is 0 Å². The molecule has 1 saturated heterocycles. The largest absolute Gasteiger partial charge is 0.378 e. The lowest BCUT2D eigenvalue weighted by Gasteiger charge is -2.26. The van der Waals surface area contributed by atoms with Gasteiger partial charge in [0.2, 0.25) is 0 Å². The molecule has 0 N–H and O–H groups in total. The van der Waals surface area contributed by atoms with Crippen LogP contribution in [0, 0.1) is 0 Å². The number of amides is 1. The van der Waals surface area contributed by atoms with Crippen LogP contribution in [0.3, 0.4) is 0 Å². The zero-order valence-electron chi connectivity index (χ0n) is 15.1. The van der Waals surface area contributed by atoms with E-state index in [1.165, 1.54) is 4.90 Å². The monoisotopic (exact) mass is 455 g/mol. The Morgan fingerprint density at radius 1 is 1.11 bits per heavy atom. The zero-order valence-corrected chi connectivity index (χ0v) is 17.5. The fraction of sp³-hybridized carbons (Fsp3) is 0.238. The molecule has 2 aliphatic rings. The molecule has 2 aromatic carbocycles. The first-order chi connectivity index (χ1) is 13.7. The number of carbonyl (C=O) groups is 1. The van der Waals surface area contributed by atoms with E-state index in [1.807, 2.05) is 39.9 Å². The van der Waals surface area contributed by atoms with Crippen molar-refractivity contribution in [2.75, 3.05) is 26.3 Å². The number of morpholine rings is 1. The van der Waals surface area contributed by atoms with Crippen LogP contribution >= 0.6 is 27.7 Å². The SMILES string of the molecule is O=C(c1nn(-c2cccc(Br)c2)c2c1CSc1ccccc1-2)N1CCOCC1. The number of benzene rings is 2. The quantitative estimate of drug-likeness (QED) is 0.575. The molecule has 0 radical (unpaired) electrons. The lowest BCUT2D eigenvalue weighted by Crippen LogP contribution is -2.41. The minimum atomic E-state index is -0.00622. The zero-order chi connectivity index (χ0) is 19.1. The highest BCUT2D eigenvalue weighted by Crippen LogP contribution is 2.43. The van der Waals surface area contributed by atoms with Gasteiger partial charge in [0.25, 0.3) is 5.91 Å². The Bertz CT molecular complexity index is 1060. The van der Waals surface area contributed by atoms with Crippen molar-refractivity contribution in [1.29, 1.82) is 0 Å². The number of thioether (sulfide) groups is 1. The lowest BCUT2D eigenvalue weighted by atomic mass is 10.0. The van der Waals surface area contributed by atoms with Gasteiger partial charge < -0.3 is 9.64 Å². The molecular weight excluding hydrogens is 438 g/mol. The van der Waals surface area contributed by atoms with E-state index in [9.17, 15) is 4.79 Å². The third-order valence-electron chi connectivity index (χ3n) is 5.05. The van der Waals surface area contributed by atoms with Gasteiger partial charge in [0.05, 0.1) is 24.6 Å². The third-order valence-corrected chi connectivity index (χ3v) is 6.64. The summed E-state index contributed by atoms with van der Waals surface area (Å²) in [5, 5.41) is 4.83. The number of nitrogens with zero attached hydrogens (tertiary/aromatic N) is 3. The second-order valence-electron chi connectivity index (χ2n) is 6.76. The number of hydrogen-bond acceptors (Lipinski definition) is 4. The number of halogens is 1. The van der Waals surface area contributed by atoms with Gasteiger partial charge in [-0.1, -0.05) is 40.2 Å². The first-order valence-electron chi connectivity index (χ1n) is 9.19. The lowest BCUT2D eigenvalue weighted by molar-refractivity contribution is 0.0298. The molecule has 0 atom stereocenters. The van der Waals surface area contributed by atoms with Crippen LogP contribution in [0.4, 0.5) is 0 Å². The predicted molar refractivity (Wildman–Crippen MR) is 113 cm³/mol. The molecular formula is C21H18BrN3O2S. The molecule has 2 aliphatic heterocycles. The van der Waals surface area contributed by atoms with Crippen LogP contribution in [0.25, 0.3) is 16.9 Å². The topological polar surface area (TPSA) is 47.4 Å². The minimum absolute atomic E-state index is 0.00622. The van der Waals surface area contributed by atoms with Gasteiger partial charge in [0.15, 0.2) is 5.69 Å². The predicted octanol–water partition coefficient (Wildman–Crippen LogP) is 4.38. The maximum Gasteiger partial charge on any atom is 0.274 e. The van der Waals surface area contributed by atoms with Crippen LogP contribution in [-0.2, 0) is 10.5 Å². The molecule has 0 unspecified atom stereocenters. The molecule has 5 nitrogen and oxygen atoms in total. The summed E-state index contributed by atoms with van der Waals surface area (Å²) in [7, 11) is 0. The molecule has 5 rings (SSSR count). The summed E-state index contributed by atoms with van der Waals surface area (Å²) in [5.74, 6) is 0.736. The fourth-order valence-electron chi connectivity index (χ4n) is 3.68. The van der Waals surface area contributed by atoms with E-state index in [0.29, 0.717) is 32.0 Å². The van der Waals surface area contributed by atoms with E-state index in [2.05, 4.69) is 34.1 Å². The number of aromatic nitrogens is 2. The second-order valence-corrected chi connectivity index (χ2v) is 8.69. The maximum atomic E-state index is 13.3. The normalized spacial score (nSPS) is 15.8. The molecule has 1 amide bonds. The van der Waals surface area contributed by atoms with Crippen molar-refractivity contribution in [3.8, 4) is 16.9 Å². The maximum absolute atomic E-state index is 13.3. The average molecular weight is 456 g/mol. The van der Waals surface area contributed by atoms with Gasteiger partial charge in [-0.15, -0.1) is 11.8 Å². The Labute approximate surface area is 175 Å². The molecule has 1 fully saturated rings. The molecule has 0 saturated carbocycles. The van der Waals surface area contributed by atoms with E-state index < -0.39 is 0 Å². The van der Waals surface area contributed by atoms with Gasteiger partial charge in [0, 0.05) is 39.3 Å². The first kappa shape index (κ1) is 18.0. The van der Waals surface area contributed by atoms with Crippen molar-refractivity contribution in [3.05, 3.63) is 64.3 Å². The summed E-state index contributed by atoms with van der Waals surface area (Å²) >= 11 is 5.31. The number of carbonyl (C=O) groups excluding carboxylic acids is 1. The second kappa shape index (κ2) is 7.39. The van der Waals surface area contributed by atoms with Gasteiger partial charge in [0.1, 0.15) is 0 Å². The summed E-state index contributed by atoms with van der Waals surface area (Å²) in [6, 6.07) is 16.4. The summed E-state index contributed by atoms with van der Waals surface area (Å²) in [6.07, 6.45) is 0. The van der Waals surface area contributed by atoms with Crippen molar-refractivity contribution < 1.29 is 9.53 Å². The van der Waals surface area contributed by atoms with Crippen LogP contribution in [0.2, 0.25) is 0 Å². The third kappa shape index (κ3) is 3.07. The smallest absolute Gasteiger partial charge is 0.274 e. The summed E-state index contributed by atoms with van der Waals surface area (Å²) in [5.41, 5.74) is 4.65. The Kier molecular flexibility index (Phi) is 4.74. The number of hydrogen-bond donors (Lipinski definition) is 0. The van der Waals surface area contributed by atoms with Gasteiger partial charge >= 0.3 is 0 Å². The molecule has 3 heterocycles. The van der Waals surface area contributed by atoms with E-state index in [4.69, 9.17) is 9.84 Å². The van der Waals surface area contributed by atoms with Gasteiger partial charge in [-0.3, -0.25) is 4.79 Å². The Morgan fingerprint density at radius 2 is 1.93 bits per heavy atom. The van der Waals surface area contributed by atoms with Crippen molar-refractivity contribution >= 4 is 33.6 Å². The van der Waals surface area contributed by atoms with Gasteiger partial charge in [-0.2, -0.15) is 5.10 Å². The Balaban J connectivity index is 1.69. The average Bonchev–Trinajstić information content (AvgIpc) is 3.14. The van der Waals surface area contributed by atoms with Crippen molar-refractivity contribution in [3.63, 3.8) is 0 Å². The number of fused-ring (bicyclic) bond motifs is 3. The molecule has 0 bridgehead atoms. The standard InChI is InChI=1S/C21H18BrN3O2S/c22-14-4-3-5-15(12-14)25-20-16-6-1-2-7-18(16)28-13-17(20)19(23-25)21(26)24-8-10-27-11-9-24/h1-7,12H,8-11,13H2. The summed E-state index contributed by atoms with van der Waals surface area (Å²) in [4.78, 5) is 16.3. The fourth-order valence-corrected chi connectivity index (χ4v) is 5.14. The van der Waals surface area contributed by atoms with Crippen molar-refractivity contribution in [2.45, 2.75) is 10.6 Å². The first-order valence-corrected chi connectivity index (χ1v) is 11.0. The van der Waals surface area contributed by atoms with E-state index in [0.717, 1.165) is 32.7 Å². The van der Waals surface area contributed by atoms with Gasteiger partial charge in [-0.05, 0) is 24.3 Å².